The van der Waals surface area contributed by atoms with Crippen LogP contribution in [0.25, 0.3) is 27.6 Å². The Morgan fingerprint density at radius 2 is 1.37 bits per heavy atom. The summed E-state index contributed by atoms with van der Waals surface area (Å²) in [5.41, 5.74) is 2.10. The van der Waals surface area contributed by atoms with Gasteiger partial charge in [0.1, 0.15) is 0 Å². The van der Waals surface area contributed by atoms with Crippen LogP contribution in [0.5, 0.6) is 0 Å². The lowest BCUT2D eigenvalue weighted by molar-refractivity contribution is -0.122. The van der Waals surface area contributed by atoms with Crippen LogP contribution in [-0.2, 0) is 11.2 Å². The summed E-state index contributed by atoms with van der Waals surface area (Å²) < 4.78 is 0. The van der Waals surface area contributed by atoms with Crippen LogP contribution < -0.4 is 0 Å². The number of hydrogen-bond acceptors (Lipinski definition) is 3. The van der Waals surface area contributed by atoms with Gasteiger partial charge in [0.25, 0.3) is 11.1 Å². The molecule has 4 aromatic rings. The second kappa shape index (κ2) is 7.81. The molecule has 1 saturated heterocycles. The van der Waals surface area contributed by atoms with Crippen LogP contribution in [0.2, 0.25) is 0 Å². The molecule has 4 heteroatoms. The highest BCUT2D eigenvalue weighted by Crippen LogP contribution is 2.36. The molecule has 1 aliphatic heterocycles. The SMILES string of the molecule is O=C1S/C(=C/c2c3ccccc3cc3ccccc23)C(=O)N1CCc1ccccc1. The Hall–Kier alpha value is -3.37. The number of nitrogens with zero attached hydrogens (tertiary/aromatic N) is 1. The molecule has 0 bridgehead atoms. The molecule has 0 aliphatic carbocycles. The van der Waals surface area contributed by atoms with E-state index in [0.717, 1.165) is 44.4 Å². The first-order valence-electron chi connectivity index (χ1n) is 9.90. The Labute approximate surface area is 179 Å². The molecule has 0 spiro atoms. The number of rotatable bonds is 4. The first-order chi connectivity index (χ1) is 14.7. The molecule has 1 aliphatic rings. The van der Waals surface area contributed by atoms with Crippen LogP contribution in [0.4, 0.5) is 4.79 Å². The maximum absolute atomic E-state index is 13.0. The Balaban J connectivity index is 1.52. The molecule has 0 atom stereocenters. The normalized spacial score (nSPS) is 15.6. The molecule has 0 unspecified atom stereocenters. The van der Waals surface area contributed by atoms with Gasteiger partial charge >= 0.3 is 0 Å². The van der Waals surface area contributed by atoms with Crippen LogP contribution in [0.3, 0.4) is 0 Å². The summed E-state index contributed by atoms with van der Waals surface area (Å²) in [7, 11) is 0. The van der Waals surface area contributed by atoms with Gasteiger partial charge in [-0.1, -0.05) is 78.9 Å². The van der Waals surface area contributed by atoms with Crippen LogP contribution in [0, 0.1) is 0 Å². The second-order valence-corrected chi connectivity index (χ2v) is 8.29. The predicted molar refractivity (Wildman–Crippen MR) is 124 cm³/mol. The van der Waals surface area contributed by atoms with Crippen molar-refractivity contribution in [3.63, 3.8) is 0 Å². The van der Waals surface area contributed by atoms with Crippen molar-refractivity contribution in [2.24, 2.45) is 0 Å². The maximum atomic E-state index is 13.0. The molecule has 0 radical (unpaired) electrons. The maximum Gasteiger partial charge on any atom is 0.293 e. The predicted octanol–water partition coefficient (Wildman–Crippen LogP) is 6.27. The minimum absolute atomic E-state index is 0.202. The molecule has 0 aromatic heterocycles. The van der Waals surface area contributed by atoms with Crippen molar-refractivity contribution in [1.82, 2.24) is 4.90 Å². The van der Waals surface area contributed by atoms with Crippen molar-refractivity contribution in [2.75, 3.05) is 6.54 Å². The van der Waals surface area contributed by atoms with E-state index in [1.54, 1.807) is 0 Å². The fourth-order valence-electron chi connectivity index (χ4n) is 3.91. The van der Waals surface area contributed by atoms with Gasteiger partial charge in [0.15, 0.2) is 0 Å². The summed E-state index contributed by atoms with van der Waals surface area (Å²) in [6.45, 7) is 0.391. The van der Waals surface area contributed by atoms with Crippen LogP contribution in [-0.4, -0.2) is 22.6 Å². The van der Waals surface area contributed by atoms with Crippen molar-refractivity contribution in [3.8, 4) is 0 Å². The summed E-state index contributed by atoms with van der Waals surface area (Å²) in [6.07, 6.45) is 2.54. The Kier molecular flexibility index (Phi) is 4.85. The smallest absolute Gasteiger partial charge is 0.268 e. The van der Waals surface area contributed by atoms with E-state index in [4.69, 9.17) is 0 Å². The van der Waals surface area contributed by atoms with E-state index in [1.807, 2.05) is 60.7 Å². The highest BCUT2D eigenvalue weighted by molar-refractivity contribution is 8.18. The van der Waals surface area contributed by atoms with Crippen LogP contribution >= 0.6 is 11.8 Å². The van der Waals surface area contributed by atoms with Gasteiger partial charge in [-0.25, -0.2) is 0 Å². The van der Waals surface area contributed by atoms with E-state index < -0.39 is 0 Å². The molecule has 3 nitrogen and oxygen atoms in total. The van der Waals surface area contributed by atoms with Gasteiger partial charge in [-0.05, 0) is 63.0 Å². The number of fused-ring (bicyclic) bond motifs is 2. The first-order valence-corrected chi connectivity index (χ1v) is 10.7. The Morgan fingerprint density at radius 1 is 0.767 bits per heavy atom. The summed E-state index contributed by atoms with van der Waals surface area (Å²) in [5.74, 6) is -0.210. The van der Waals surface area contributed by atoms with Gasteiger partial charge in [-0.2, -0.15) is 0 Å². The molecule has 30 heavy (non-hydrogen) atoms. The topological polar surface area (TPSA) is 37.4 Å². The number of imide groups is 1. The van der Waals surface area contributed by atoms with Crippen molar-refractivity contribution < 1.29 is 9.59 Å². The average molecular weight is 410 g/mol. The second-order valence-electron chi connectivity index (χ2n) is 7.30. The molecule has 146 valence electrons. The van der Waals surface area contributed by atoms with E-state index in [0.29, 0.717) is 17.9 Å². The molecular formula is C26H19NO2S. The molecule has 1 heterocycles. The molecule has 2 amide bonds. The fraction of sp³-hybridized carbons (Fsp3) is 0.0769. The quantitative estimate of drug-likeness (QED) is 0.294. The third kappa shape index (κ3) is 3.40. The number of carbonyl (C=O) groups is 2. The zero-order valence-electron chi connectivity index (χ0n) is 16.2. The van der Waals surface area contributed by atoms with Gasteiger partial charge in [0.05, 0.1) is 4.91 Å². The monoisotopic (exact) mass is 409 g/mol. The minimum Gasteiger partial charge on any atom is -0.268 e. The Morgan fingerprint density at radius 3 is 2.03 bits per heavy atom. The number of carbonyl (C=O) groups excluding carboxylic acids is 2. The highest BCUT2D eigenvalue weighted by Gasteiger charge is 2.34. The first kappa shape index (κ1) is 18.6. The average Bonchev–Trinajstić information content (AvgIpc) is 3.05. The summed E-state index contributed by atoms with van der Waals surface area (Å²) >= 11 is 1.03. The molecule has 0 N–H and O–H groups in total. The number of hydrogen-bond donors (Lipinski definition) is 0. The summed E-state index contributed by atoms with van der Waals surface area (Å²) in [6, 6.07) is 28.4. The van der Waals surface area contributed by atoms with Crippen molar-refractivity contribution in [1.29, 1.82) is 0 Å². The van der Waals surface area contributed by atoms with Crippen molar-refractivity contribution >= 4 is 50.5 Å². The standard InChI is InChI=1S/C26H19NO2S/c28-25-24(30-26(29)27(25)15-14-18-8-2-1-3-9-18)17-23-21-12-6-4-10-19(21)16-20-11-5-7-13-22(20)23/h1-13,16-17H,14-15H2/b24-17+. The zero-order chi connectivity index (χ0) is 20.5. The summed E-state index contributed by atoms with van der Waals surface area (Å²) in [4.78, 5) is 27.4. The number of amides is 2. The zero-order valence-corrected chi connectivity index (χ0v) is 17.1. The largest absolute Gasteiger partial charge is 0.293 e. The number of benzene rings is 4. The van der Waals surface area contributed by atoms with Gasteiger partial charge in [0.2, 0.25) is 0 Å². The Bertz CT molecular complexity index is 1260. The number of thioether (sulfide) groups is 1. The minimum atomic E-state index is -0.210. The molecule has 0 saturated carbocycles. The van der Waals surface area contributed by atoms with Gasteiger partial charge in [0, 0.05) is 6.54 Å². The van der Waals surface area contributed by atoms with Gasteiger partial charge < -0.3 is 0 Å². The van der Waals surface area contributed by atoms with Gasteiger partial charge in [-0.15, -0.1) is 0 Å². The molecule has 4 aromatic carbocycles. The summed E-state index contributed by atoms with van der Waals surface area (Å²) in [5, 5.41) is 4.18. The van der Waals surface area contributed by atoms with E-state index in [-0.39, 0.29) is 11.1 Å². The molecular weight excluding hydrogens is 390 g/mol. The van der Waals surface area contributed by atoms with E-state index in [9.17, 15) is 9.59 Å². The lowest BCUT2D eigenvalue weighted by Gasteiger charge is -2.12. The third-order valence-electron chi connectivity index (χ3n) is 5.43. The van der Waals surface area contributed by atoms with Crippen molar-refractivity contribution in [3.05, 3.63) is 101 Å². The van der Waals surface area contributed by atoms with Crippen molar-refractivity contribution in [2.45, 2.75) is 6.42 Å². The van der Waals surface area contributed by atoms with E-state index in [2.05, 4.69) is 30.3 Å². The molecule has 1 fully saturated rings. The lowest BCUT2D eigenvalue weighted by Crippen LogP contribution is -2.30. The lowest BCUT2D eigenvalue weighted by atomic mass is 9.96. The molecule has 5 rings (SSSR count). The third-order valence-corrected chi connectivity index (χ3v) is 6.34. The van der Waals surface area contributed by atoms with Gasteiger partial charge in [-0.3, -0.25) is 14.5 Å². The highest BCUT2D eigenvalue weighted by atomic mass is 32.2. The fourth-order valence-corrected chi connectivity index (χ4v) is 4.76. The van der Waals surface area contributed by atoms with E-state index in [1.165, 1.54) is 4.90 Å². The van der Waals surface area contributed by atoms with E-state index >= 15 is 0 Å². The van der Waals surface area contributed by atoms with Crippen LogP contribution in [0.1, 0.15) is 11.1 Å². The van der Waals surface area contributed by atoms with Crippen LogP contribution in [0.15, 0.2) is 89.8 Å².